The molecule has 0 radical (unpaired) electrons. The summed E-state index contributed by atoms with van der Waals surface area (Å²) in [6.45, 7) is -0.345. The second-order valence-electron chi connectivity index (χ2n) is 2.38. The Kier molecular flexibility index (Phi) is 2.95. The summed E-state index contributed by atoms with van der Waals surface area (Å²) in [5.41, 5.74) is 0. The van der Waals surface area contributed by atoms with Crippen LogP contribution >= 0.6 is 0 Å². The third-order valence-corrected chi connectivity index (χ3v) is 1.39. The van der Waals surface area contributed by atoms with Crippen LogP contribution in [-0.4, -0.2) is 54.9 Å². The van der Waals surface area contributed by atoms with Gasteiger partial charge >= 0.3 is 0 Å². The lowest BCUT2D eigenvalue weighted by Crippen LogP contribution is -2.62. The van der Waals surface area contributed by atoms with E-state index >= 15 is 0 Å². The van der Waals surface area contributed by atoms with Gasteiger partial charge in [-0.3, -0.25) is 0 Å². The van der Waals surface area contributed by atoms with Crippen LogP contribution in [0.3, 0.4) is 0 Å². The minimum atomic E-state index is -3.14. The van der Waals surface area contributed by atoms with E-state index < -0.39 is 24.3 Å². The van der Waals surface area contributed by atoms with Crippen molar-refractivity contribution < 1.29 is 30.6 Å². The van der Waals surface area contributed by atoms with Gasteiger partial charge in [0.05, 0.1) is 0 Å². The first kappa shape index (κ1) is 10.8. The third kappa shape index (κ3) is 1.86. The highest BCUT2D eigenvalue weighted by Crippen LogP contribution is 2.19. The Balaban J connectivity index is 4.53. The molecule has 68 valence electrons. The molecule has 0 heterocycles. The smallest absolute Gasteiger partial charge is 0.247 e. The molecule has 6 heteroatoms. The average Bonchev–Trinajstić information content (AvgIpc) is 1.87. The summed E-state index contributed by atoms with van der Waals surface area (Å²) >= 11 is 0. The van der Waals surface area contributed by atoms with E-state index in [1.807, 2.05) is 0 Å². The van der Waals surface area contributed by atoms with E-state index in [1.54, 1.807) is 0 Å². The van der Waals surface area contributed by atoms with Crippen LogP contribution in [0.4, 0.5) is 0 Å². The average molecular weight is 168 g/mol. The van der Waals surface area contributed by atoms with Crippen LogP contribution in [0.2, 0.25) is 0 Å². The van der Waals surface area contributed by atoms with E-state index in [0.717, 1.165) is 6.92 Å². The second-order valence-corrected chi connectivity index (χ2v) is 2.38. The van der Waals surface area contributed by atoms with E-state index in [4.69, 9.17) is 30.6 Å². The van der Waals surface area contributed by atoms with E-state index in [1.165, 1.54) is 0 Å². The first-order chi connectivity index (χ1) is 4.75. The molecule has 0 aromatic rings. The number of hydrogen-bond donors (Lipinski definition) is 6. The third-order valence-electron chi connectivity index (χ3n) is 1.39. The van der Waals surface area contributed by atoms with Crippen molar-refractivity contribution in [2.24, 2.45) is 0 Å². The zero-order valence-corrected chi connectivity index (χ0v) is 5.97. The molecular formula is C5H12O6. The van der Waals surface area contributed by atoms with Crippen molar-refractivity contribution in [1.82, 2.24) is 0 Å². The molecule has 0 aliphatic heterocycles. The van der Waals surface area contributed by atoms with Gasteiger partial charge in [-0.1, -0.05) is 0 Å². The van der Waals surface area contributed by atoms with Crippen molar-refractivity contribution in [3.05, 3.63) is 0 Å². The zero-order chi connectivity index (χ0) is 9.28. The first-order valence-electron chi connectivity index (χ1n) is 2.94. The summed E-state index contributed by atoms with van der Waals surface area (Å²) in [5, 5.41) is 51.7. The topological polar surface area (TPSA) is 121 Å². The van der Waals surface area contributed by atoms with Crippen molar-refractivity contribution in [3.8, 4) is 0 Å². The Morgan fingerprint density at radius 3 is 1.64 bits per heavy atom. The molecule has 1 atom stereocenters. The van der Waals surface area contributed by atoms with Crippen LogP contribution in [0.15, 0.2) is 0 Å². The highest BCUT2D eigenvalue weighted by atomic mass is 16.6. The molecule has 0 aromatic heterocycles. The van der Waals surface area contributed by atoms with Crippen LogP contribution in [0.5, 0.6) is 0 Å². The molecule has 0 rings (SSSR count). The Morgan fingerprint density at radius 2 is 1.55 bits per heavy atom. The van der Waals surface area contributed by atoms with E-state index in [-0.39, 0.29) is 0 Å². The summed E-state index contributed by atoms with van der Waals surface area (Å²) in [6.07, 6.45) is -1.79. The highest BCUT2D eigenvalue weighted by molar-refractivity contribution is 4.85. The molecule has 0 saturated carbocycles. The molecule has 11 heavy (non-hydrogen) atoms. The molecular weight excluding hydrogens is 156 g/mol. The molecule has 6 nitrogen and oxygen atoms in total. The fourth-order valence-electron chi connectivity index (χ4n) is 0.451. The number of hydrogen-bond acceptors (Lipinski definition) is 6. The Hall–Kier alpha value is -0.240. The fraction of sp³-hybridized carbons (Fsp3) is 1.00. The number of rotatable bonds is 3. The van der Waals surface area contributed by atoms with E-state index in [0.29, 0.717) is 0 Å². The van der Waals surface area contributed by atoms with Crippen molar-refractivity contribution in [3.63, 3.8) is 0 Å². The van der Waals surface area contributed by atoms with Gasteiger partial charge < -0.3 is 30.6 Å². The van der Waals surface area contributed by atoms with Gasteiger partial charge in [-0.25, -0.2) is 0 Å². The fourth-order valence-corrected chi connectivity index (χ4v) is 0.451. The largest absolute Gasteiger partial charge is 0.391 e. The molecule has 0 aliphatic rings. The molecule has 0 bridgehead atoms. The van der Waals surface area contributed by atoms with Gasteiger partial charge in [0.25, 0.3) is 0 Å². The molecule has 0 aromatic carbocycles. The van der Waals surface area contributed by atoms with Crippen LogP contribution in [0.25, 0.3) is 0 Å². The lowest BCUT2D eigenvalue weighted by atomic mass is 10.0. The van der Waals surface area contributed by atoms with Gasteiger partial charge in [-0.2, -0.15) is 0 Å². The minimum absolute atomic E-state index is 0.941. The lowest BCUT2D eigenvalue weighted by molar-refractivity contribution is -0.389. The number of aliphatic hydroxyl groups is 6. The molecule has 0 amide bonds. The molecule has 0 fully saturated rings. The van der Waals surface area contributed by atoms with Gasteiger partial charge in [-0.15, -0.1) is 0 Å². The predicted molar refractivity (Wildman–Crippen MR) is 33.1 cm³/mol. The molecule has 1 unspecified atom stereocenters. The molecule has 0 saturated heterocycles. The normalized spacial score (nSPS) is 16.6. The van der Waals surface area contributed by atoms with Crippen molar-refractivity contribution >= 4 is 0 Å². The van der Waals surface area contributed by atoms with Crippen molar-refractivity contribution in [2.75, 3.05) is 6.61 Å². The second kappa shape index (κ2) is 3.02. The molecule has 0 spiro atoms. The van der Waals surface area contributed by atoms with Crippen LogP contribution < -0.4 is 0 Å². The first-order valence-corrected chi connectivity index (χ1v) is 2.94. The molecule has 6 N–H and O–H groups in total. The highest BCUT2D eigenvalue weighted by Gasteiger charge is 2.50. The van der Waals surface area contributed by atoms with E-state index in [9.17, 15) is 0 Å². The van der Waals surface area contributed by atoms with Crippen LogP contribution in [-0.2, 0) is 0 Å². The maximum Gasteiger partial charge on any atom is 0.247 e. The zero-order valence-electron chi connectivity index (χ0n) is 5.97. The summed E-state index contributed by atoms with van der Waals surface area (Å²) in [6, 6.07) is 0. The van der Waals surface area contributed by atoms with Gasteiger partial charge in [0.1, 0.15) is 12.7 Å². The van der Waals surface area contributed by atoms with Gasteiger partial charge in [0, 0.05) is 0 Å². The maximum atomic E-state index is 8.77. The predicted octanol–water partition coefficient (Wildman–Crippen LogP) is -3.28. The summed E-state index contributed by atoms with van der Waals surface area (Å²) < 4.78 is 0. The maximum absolute atomic E-state index is 8.77. The number of aliphatic hydroxyl groups excluding tert-OH is 2. The van der Waals surface area contributed by atoms with Crippen LogP contribution in [0.1, 0.15) is 6.92 Å². The summed E-state index contributed by atoms with van der Waals surface area (Å²) in [4.78, 5) is 0. The van der Waals surface area contributed by atoms with Crippen molar-refractivity contribution in [1.29, 1.82) is 0 Å². The van der Waals surface area contributed by atoms with E-state index in [2.05, 4.69) is 0 Å². The standard InChI is InChI=1S/C5H12O6/c1-3(7)5(10,11)4(8,9)2-6/h3,6-11H,2H2,1H3. The quantitative estimate of drug-likeness (QED) is 0.246. The SMILES string of the molecule is CC(O)C(O)(O)C(O)(O)CO. The summed E-state index contributed by atoms with van der Waals surface area (Å²) in [7, 11) is 0. The molecule has 0 aliphatic carbocycles. The van der Waals surface area contributed by atoms with Crippen molar-refractivity contribution in [2.45, 2.75) is 24.6 Å². The lowest BCUT2D eigenvalue weighted by Gasteiger charge is -2.35. The Bertz CT molecular complexity index is 129. The Labute approximate surface area is 63.0 Å². The Morgan fingerprint density at radius 1 is 1.18 bits per heavy atom. The van der Waals surface area contributed by atoms with Crippen LogP contribution in [0, 0.1) is 0 Å². The van der Waals surface area contributed by atoms with Gasteiger partial charge in [0.2, 0.25) is 11.6 Å². The minimum Gasteiger partial charge on any atom is -0.391 e. The van der Waals surface area contributed by atoms with Gasteiger partial charge in [0.15, 0.2) is 0 Å². The van der Waals surface area contributed by atoms with Gasteiger partial charge in [-0.05, 0) is 6.92 Å². The summed E-state index contributed by atoms with van der Waals surface area (Å²) in [5.74, 6) is -6.26. The monoisotopic (exact) mass is 168 g/mol.